The maximum atomic E-state index is 13.1. The first-order valence-electron chi connectivity index (χ1n) is 5.05. The van der Waals surface area contributed by atoms with Gasteiger partial charge in [-0.05, 0) is 47.0 Å². The average molecular weight is 288 g/mol. The van der Waals surface area contributed by atoms with E-state index in [1.165, 1.54) is 18.2 Å². The number of hydrogen-bond donors (Lipinski definition) is 0. The molecule has 3 nitrogen and oxygen atoms in total. The maximum Gasteiger partial charge on any atom is 0.238 e. The fourth-order valence-corrected chi connectivity index (χ4v) is 2.44. The van der Waals surface area contributed by atoms with Crippen molar-refractivity contribution in [3.05, 3.63) is 35.8 Å². The van der Waals surface area contributed by atoms with E-state index >= 15 is 0 Å². The number of carbonyl (C=O) groups excluding carboxylic acids is 2. The highest BCUT2D eigenvalue weighted by atomic mass is 35.5. The first-order chi connectivity index (χ1) is 8.41. The Bertz CT molecular complexity index is 637. The standard InChI is InChI=1S/C12H8Cl2FNO2/c1-16-5-8(10(11(13)17)12(14)18)7-3-2-6(15)4-9(7)16/h2-5,10H,1H3. The molecule has 0 aliphatic heterocycles. The Hall–Kier alpha value is -1.39. The van der Waals surface area contributed by atoms with Crippen molar-refractivity contribution in [2.75, 3.05) is 0 Å². The monoisotopic (exact) mass is 287 g/mol. The molecule has 0 saturated heterocycles. The summed E-state index contributed by atoms with van der Waals surface area (Å²) < 4.78 is 14.8. The molecule has 2 aromatic rings. The molecule has 0 radical (unpaired) electrons. The second-order valence-corrected chi connectivity index (χ2v) is 4.64. The van der Waals surface area contributed by atoms with E-state index in [0.29, 0.717) is 16.5 Å². The molecule has 94 valence electrons. The van der Waals surface area contributed by atoms with Crippen molar-refractivity contribution < 1.29 is 14.0 Å². The predicted molar refractivity (Wildman–Crippen MR) is 67.3 cm³/mol. The third-order valence-corrected chi connectivity index (χ3v) is 3.18. The van der Waals surface area contributed by atoms with Crippen molar-refractivity contribution in [2.45, 2.75) is 5.92 Å². The van der Waals surface area contributed by atoms with Crippen LogP contribution in [0.15, 0.2) is 24.4 Å². The molecule has 0 saturated carbocycles. The molecular weight excluding hydrogens is 280 g/mol. The van der Waals surface area contributed by atoms with Crippen molar-refractivity contribution >= 4 is 44.6 Å². The second-order valence-electron chi connectivity index (χ2n) is 3.90. The predicted octanol–water partition coefficient (Wildman–Crippen LogP) is 2.93. The van der Waals surface area contributed by atoms with Crippen LogP contribution in [0.4, 0.5) is 4.39 Å². The second kappa shape index (κ2) is 4.71. The van der Waals surface area contributed by atoms with Gasteiger partial charge in [-0.2, -0.15) is 0 Å². The van der Waals surface area contributed by atoms with Gasteiger partial charge in [-0.3, -0.25) is 9.59 Å². The molecule has 0 aliphatic rings. The molecule has 0 atom stereocenters. The quantitative estimate of drug-likeness (QED) is 0.643. The van der Waals surface area contributed by atoms with Crippen molar-refractivity contribution in [3.8, 4) is 0 Å². The minimum atomic E-state index is -1.23. The van der Waals surface area contributed by atoms with E-state index < -0.39 is 22.2 Å². The van der Waals surface area contributed by atoms with Crippen LogP contribution in [0.3, 0.4) is 0 Å². The van der Waals surface area contributed by atoms with Gasteiger partial charge < -0.3 is 4.57 Å². The lowest BCUT2D eigenvalue weighted by atomic mass is 10.0. The minimum absolute atomic E-state index is 0.382. The Morgan fingerprint density at radius 1 is 1.28 bits per heavy atom. The third kappa shape index (κ3) is 2.13. The average Bonchev–Trinajstić information content (AvgIpc) is 2.55. The van der Waals surface area contributed by atoms with Crippen LogP contribution in [0.5, 0.6) is 0 Å². The van der Waals surface area contributed by atoms with Crippen LogP contribution in [0, 0.1) is 5.82 Å². The molecule has 2 rings (SSSR count). The van der Waals surface area contributed by atoms with Crippen LogP contribution in [0.25, 0.3) is 10.9 Å². The first kappa shape index (κ1) is 13.1. The van der Waals surface area contributed by atoms with Crippen LogP contribution < -0.4 is 0 Å². The number of fused-ring (bicyclic) bond motifs is 1. The topological polar surface area (TPSA) is 39.1 Å². The zero-order valence-electron chi connectivity index (χ0n) is 9.28. The van der Waals surface area contributed by atoms with Gasteiger partial charge in [-0.25, -0.2) is 4.39 Å². The van der Waals surface area contributed by atoms with E-state index in [9.17, 15) is 14.0 Å². The molecule has 0 spiro atoms. The van der Waals surface area contributed by atoms with Crippen molar-refractivity contribution in [1.82, 2.24) is 4.57 Å². The maximum absolute atomic E-state index is 13.1. The fraction of sp³-hybridized carbons (Fsp3) is 0.167. The third-order valence-electron chi connectivity index (χ3n) is 2.75. The van der Waals surface area contributed by atoms with Gasteiger partial charge in [0.15, 0.2) is 0 Å². The lowest BCUT2D eigenvalue weighted by Gasteiger charge is -2.05. The van der Waals surface area contributed by atoms with Crippen LogP contribution >= 0.6 is 23.2 Å². The summed E-state index contributed by atoms with van der Waals surface area (Å²) in [5, 5.41) is -1.13. The van der Waals surface area contributed by atoms with Gasteiger partial charge in [0.05, 0.1) is 5.52 Å². The molecule has 0 aliphatic carbocycles. The van der Waals surface area contributed by atoms with E-state index in [-0.39, 0.29) is 0 Å². The summed E-state index contributed by atoms with van der Waals surface area (Å²) in [6.07, 6.45) is 1.55. The molecular formula is C12H8Cl2FNO2. The molecule has 1 aromatic carbocycles. The van der Waals surface area contributed by atoms with E-state index in [1.54, 1.807) is 17.8 Å². The van der Waals surface area contributed by atoms with Crippen LogP contribution in [0.1, 0.15) is 11.5 Å². The number of benzene rings is 1. The molecule has 0 N–H and O–H groups in total. The summed E-state index contributed by atoms with van der Waals surface area (Å²) in [4.78, 5) is 22.6. The molecule has 1 heterocycles. The summed E-state index contributed by atoms with van der Waals surface area (Å²) >= 11 is 10.8. The van der Waals surface area contributed by atoms with E-state index in [2.05, 4.69) is 0 Å². The smallest absolute Gasteiger partial charge is 0.238 e. The van der Waals surface area contributed by atoms with Crippen LogP contribution in [0.2, 0.25) is 0 Å². The molecule has 1 aromatic heterocycles. The highest BCUT2D eigenvalue weighted by Gasteiger charge is 2.28. The zero-order valence-corrected chi connectivity index (χ0v) is 10.8. The highest BCUT2D eigenvalue weighted by Crippen LogP contribution is 2.30. The van der Waals surface area contributed by atoms with Crippen molar-refractivity contribution in [3.63, 3.8) is 0 Å². The van der Waals surface area contributed by atoms with Crippen molar-refractivity contribution in [2.24, 2.45) is 7.05 Å². The summed E-state index contributed by atoms with van der Waals surface area (Å²) in [5.41, 5.74) is 0.943. The normalized spacial score (nSPS) is 11.2. The molecule has 0 bridgehead atoms. The van der Waals surface area contributed by atoms with Gasteiger partial charge in [0.25, 0.3) is 0 Å². The Morgan fingerprint density at radius 3 is 2.44 bits per heavy atom. The molecule has 18 heavy (non-hydrogen) atoms. The summed E-state index contributed by atoms with van der Waals surface area (Å²) in [5.74, 6) is -1.64. The summed E-state index contributed by atoms with van der Waals surface area (Å²) in [6.45, 7) is 0. The van der Waals surface area contributed by atoms with E-state index in [4.69, 9.17) is 23.2 Å². The number of carbonyl (C=O) groups is 2. The number of nitrogens with zero attached hydrogens (tertiary/aromatic N) is 1. The van der Waals surface area contributed by atoms with Gasteiger partial charge in [-0.1, -0.05) is 0 Å². The summed E-state index contributed by atoms with van der Waals surface area (Å²) in [7, 11) is 1.68. The molecule has 0 unspecified atom stereocenters. The molecule has 0 fully saturated rings. The number of aryl methyl sites for hydroxylation is 1. The number of aromatic nitrogens is 1. The number of hydrogen-bond acceptors (Lipinski definition) is 2. The van der Waals surface area contributed by atoms with Gasteiger partial charge in [0, 0.05) is 18.6 Å². The van der Waals surface area contributed by atoms with Gasteiger partial charge >= 0.3 is 0 Å². The van der Waals surface area contributed by atoms with Gasteiger partial charge in [-0.15, -0.1) is 0 Å². The largest absolute Gasteiger partial charge is 0.350 e. The van der Waals surface area contributed by atoms with Crippen LogP contribution in [-0.4, -0.2) is 15.1 Å². The van der Waals surface area contributed by atoms with Gasteiger partial charge in [0.2, 0.25) is 10.5 Å². The van der Waals surface area contributed by atoms with E-state index in [0.717, 1.165) is 0 Å². The lowest BCUT2D eigenvalue weighted by Crippen LogP contribution is -2.13. The lowest BCUT2D eigenvalue weighted by molar-refractivity contribution is -0.120. The fourth-order valence-electron chi connectivity index (χ4n) is 1.95. The Kier molecular flexibility index (Phi) is 3.41. The summed E-state index contributed by atoms with van der Waals surface area (Å²) in [6, 6.07) is 4.06. The SMILES string of the molecule is Cn1cc(C(C(=O)Cl)C(=O)Cl)c2ccc(F)cc21. The number of halogens is 3. The highest BCUT2D eigenvalue weighted by molar-refractivity contribution is 6.74. The zero-order chi connectivity index (χ0) is 13.4. The first-order valence-corrected chi connectivity index (χ1v) is 5.80. The molecule has 0 amide bonds. The van der Waals surface area contributed by atoms with Crippen LogP contribution in [-0.2, 0) is 16.6 Å². The van der Waals surface area contributed by atoms with Crippen molar-refractivity contribution in [1.29, 1.82) is 0 Å². The Balaban J connectivity index is 2.71. The Morgan fingerprint density at radius 2 is 1.89 bits per heavy atom. The minimum Gasteiger partial charge on any atom is -0.350 e. The molecule has 6 heteroatoms. The van der Waals surface area contributed by atoms with Gasteiger partial charge in [0.1, 0.15) is 11.7 Å². The Labute approximate surface area is 112 Å². The van der Waals surface area contributed by atoms with E-state index in [1.807, 2.05) is 0 Å². The number of rotatable bonds is 3.